The van der Waals surface area contributed by atoms with E-state index in [2.05, 4.69) is 21.2 Å². The van der Waals surface area contributed by atoms with E-state index in [1.54, 1.807) is 36.4 Å². The molecule has 2 N–H and O–H groups in total. The number of carboxylic acid groups (broad SMARTS) is 1. The number of hydrogen-bond donors (Lipinski definition) is 2. The van der Waals surface area contributed by atoms with Crippen molar-refractivity contribution in [1.29, 1.82) is 5.26 Å². The predicted molar refractivity (Wildman–Crippen MR) is 113 cm³/mol. The number of anilines is 2. The molecule has 156 valence electrons. The molecule has 0 atom stereocenters. The van der Waals surface area contributed by atoms with Crippen molar-refractivity contribution in [2.24, 2.45) is 0 Å². The van der Waals surface area contributed by atoms with Crippen LogP contribution in [0, 0.1) is 11.3 Å². The number of carbonyl (C=O) groups excluding carboxylic acids is 1. The lowest BCUT2D eigenvalue weighted by Gasteiger charge is -2.36. The Morgan fingerprint density at radius 2 is 1.83 bits per heavy atom. The number of benzene rings is 2. The van der Waals surface area contributed by atoms with Gasteiger partial charge in [-0.15, -0.1) is 0 Å². The number of ether oxygens (including phenoxy) is 1. The summed E-state index contributed by atoms with van der Waals surface area (Å²) in [7, 11) is 0. The van der Waals surface area contributed by atoms with Gasteiger partial charge in [-0.25, -0.2) is 4.79 Å². The first-order chi connectivity index (χ1) is 14.6. The monoisotopic (exact) mass is 408 g/mol. The van der Waals surface area contributed by atoms with Crippen molar-refractivity contribution in [1.82, 2.24) is 4.90 Å². The highest BCUT2D eigenvalue weighted by Gasteiger charge is 2.20. The maximum Gasteiger partial charge on any atom is 0.337 e. The van der Waals surface area contributed by atoms with Crippen molar-refractivity contribution in [3.63, 3.8) is 0 Å². The van der Waals surface area contributed by atoms with E-state index in [1.807, 2.05) is 12.1 Å². The van der Waals surface area contributed by atoms with Gasteiger partial charge in [-0.1, -0.05) is 18.2 Å². The molecule has 0 aliphatic carbocycles. The standard InChI is InChI=1S/C22H24N4O4/c23-9-4-10-25-11-13-26(14-12-25)17-7-8-20(19(15-17)22(28)29)24-21(27)16-30-18-5-2-1-3-6-18/h1-3,5-8,15H,4,10-14,16H2,(H,24,27)(H,28,29). The van der Waals surface area contributed by atoms with Crippen LogP contribution >= 0.6 is 0 Å². The number of hydrogen-bond acceptors (Lipinski definition) is 6. The fourth-order valence-corrected chi connectivity index (χ4v) is 3.30. The summed E-state index contributed by atoms with van der Waals surface area (Å²) in [6, 6.07) is 16.1. The zero-order valence-corrected chi connectivity index (χ0v) is 16.6. The third-order valence-corrected chi connectivity index (χ3v) is 4.90. The Hall–Kier alpha value is -3.57. The number of rotatable bonds is 8. The van der Waals surface area contributed by atoms with Gasteiger partial charge in [-0.3, -0.25) is 9.69 Å². The van der Waals surface area contributed by atoms with Gasteiger partial charge >= 0.3 is 5.97 Å². The molecule has 8 nitrogen and oxygen atoms in total. The molecule has 0 saturated carbocycles. The van der Waals surface area contributed by atoms with E-state index < -0.39 is 11.9 Å². The SMILES string of the molecule is N#CCCN1CCN(c2ccc(NC(=O)COc3ccccc3)c(C(=O)O)c2)CC1. The molecule has 1 aliphatic heterocycles. The number of para-hydroxylation sites is 1. The molecular formula is C22H24N4O4. The lowest BCUT2D eigenvalue weighted by atomic mass is 10.1. The molecule has 0 spiro atoms. The average Bonchev–Trinajstić information content (AvgIpc) is 2.77. The zero-order chi connectivity index (χ0) is 21.3. The van der Waals surface area contributed by atoms with Crippen LogP contribution in [0.3, 0.4) is 0 Å². The van der Waals surface area contributed by atoms with Crippen LogP contribution in [-0.2, 0) is 4.79 Å². The Bertz CT molecular complexity index is 918. The molecule has 1 saturated heterocycles. The molecule has 2 aromatic rings. The van der Waals surface area contributed by atoms with Gasteiger partial charge in [-0.05, 0) is 30.3 Å². The first kappa shape index (κ1) is 21.1. The van der Waals surface area contributed by atoms with E-state index in [0.29, 0.717) is 12.2 Å². The van der Waals surface area contributed by atoms with Gasteiger partial charge in [0.2, 0.25) is 0 Å². The van der Waals surface area contributed by atoms with Crippen LogP contribution in [0.2, 0.25) is 0 Å². The van der Waals surface area contributed by atoms with Gasteiger partial charge in [0.05, 0.1) is 17.3 Å². The number of nitriles is 1. The van der Waals surface area contributed by atoms with Gasteiger partial charge in [0.25, 0.3) is 5.91 Å². The van der Waals surface area contributed by atoms with E-state index in [4.69, 9.17) is 10.00 Å². The second-order valence-electron chi connectivity index (χ2n) is 6.92. The van der Waals surface area contributed by atoms with Crippen molar-refractivity contribution in [3.8, 4) is 11.8 Å². The van der Waals surface area contributed by atoms with Crippen LogP contribution in [-0.4, -0.2) is 61.2 Å². The molecule has 1 fully saturated rings. The van der Waals surface area contributed by atoms with Crippen LogP contribution in [0.15, 0.2) is 48.5 Å². The lowest BCUT2D eigenvalue weighted by molar-refractivity contribution is -0.118. The molecule has 1 aliphatic rings. The minimum absolute atomic E-state index is 0.0347. The highest BCUT2D eigenvalue weighted by atomic mass is 16.5. The number of nitrogens with zero attached hydrogens (tertiary/aromatic N) is 3. The smallest absolute Gasteiger partial charge is 0.337 e. The van der Waals surface area contributed by atoms with Gasteiger partial charge in [0.1, 0.15) is 5.75 Å². The highest BCUT2D eigenvalue weighted by Crippen LogP contribution is 2.25. The molecule has 3 rings (SSSR count). The molecule has 1 amide bonds. The minimum Gasteiger partial charge on any atom is -0.484 e. The number of aromatic carboxylic acids is 1. The molecular weight excluding hydrogens is 384 g/mol. The Kier molecular flexibility index (Phi) is 7.24. The van der Waals surface area contributed by atoms with E-state index >= 15 is 0 Å². The molecule has 0 unspecified atom stereocenters. The van der Waals surface area contributed by atoms with Gasteiger partial charge in [-0.2, -0.15) is 5.26 Å². The summed E-state index contributed by atoms with van der Waals surface area (Å²) in [6.07, 6.45) is 0.506. The average molecular weight is 408 g/mol. The first-order valence-electron chi connectivity index (χ1n) is 9.76. The third-order valence-electron chi connectivity index (χ3n) is 4.90. The quantitative estimate of drug-likeness (QED) is 0.691. The fourth-order valence-electron chi connectivity index (χ4n) is 3.30. The number of carbonyl (C=O) groups is 2. The maximum absolute atomic E-state index is 12.2. The Morgan fingerprint density at radius 1 is 1.10 bits per heavy atom. The second-order valence-corrected chi connectivity index (χ2v) is 6.92. The summed E-state index contributed by atoms with van der Waals surface area (Å²) in [5.41, 5.74) is 1.07. The Balaban J connectivity index is 1.62. The predicted octanol–water partition coefficient (Wildman–Crippen LogP) is 2.44. The number of carboxylic acids is 1. The molecule has 30 heavy (non-hydrogen) atoms. The third kappa shape index (κ3) is 5.72. The summed E-state index contributed by atoms with van der Waals surface area (Å²) in [5.74, 6) is -0.973. The van der Waals surface area contributed by atoms with Crippen molar-refractivity contribution in [3.05, 3.63) is 54.1 Å². The van der Waals surface area contributed by atoms with E-state index in [9.17, 15) is 14.7 Å². The maximum atomic E-state index is 12.2. The molecule has 8 heteroatoms. The highest BCUT2D eigenvalue weighted by molar-refractivity contribution is 6.01. The van der Waals surface area contributed by atoms with Gasteiger partial charge in [0, 0.05) is 44.8 Å². The summed E-state index contributed by atoms with van der Waals surface area (Å²) in [5, 5.41) is 20.9. The number of nitrogens with one attached hydrogen (secondary N) is 1. The number of amides is 1. The lowest BCUT2D eigenvalue weighted by Crippen LogP contribution is -2.46. The molecule has 0 radical (unpaired) electrons. The summed E-state index contributed by atoms with van der Waals surface area (Å²) in [6.45, 7) is 3.68. The Labute approximate surface area is 175 Å². The van der Waals surface area contributed by atoms with Crippen LogP contribution in [0.5, 0.6) is 5.75 Å². The van der Waals surface area contributed by atoms with Gasteiger partial charge in [0.15, 0.2) is 6.61 Å². The largest absolute Gasteiger partial charge is 0.484 e. The minimum atomic E-state index is -1.11. The summed E-state index contributed by atoms with van der Waals surface area (Å²) >= 11 is 0. The van der Waals surface area contributed by atoms with Crippen molar-refractivity contribution >= 4 is 23.3 Å². The van der Waals surface area contributed by atoms with Crippen LogP contribution in [0.25, 0.3) is 0 Å². The van der Waals surface area contributed by atoms with Gasteiger partial charge < -0.3 is 20.1 Å². The normalized spacial score (nSPS) is 14.0. The van der Waals surface area contributed by atoms with E-state index in [-0.39, 0.29) is 17.9 Å². The summed E-state index contributed by atoms with van der Waals surface area (Å²) < 4.78 is 5.40. The summed E-state index contributed by atoms with van der Waals surface area (Å²) in [4.78, 5) is 28.3. The zero-order valence-electron chi connectivity index (χ0n) is 16.6. The van der Waals surface area contributed by atoms with Crippen LogP contribution in [0.1, 0.15) is 16.8 Å². The first-order valence-corrected chi connectivity index (χ1v) is 9.76. The van der Waals surface area contributed by atoms with Crippen molar-refractivity contribution < 1.29 is 19.4 Å². The van der Waals surface area contributed by atoms with Crippen molar-refractivity contribution in [2.75, 3.05) is 49.5 Å². The second kappa shape index (κ2) is 10.3. The molecule has 0 bridgehead atoms. The number of piperazine rings is 1. The van der Waals surface area contributed by atoms with Crippen LogP contribution in [0.4, 0.5) is 11.4 Å². The van der Waals surface area contributed by atoms with E-state index in [1.165, 1.54) is 0 Å². The topological polar surface area (TPSA) is 106 Å². The molecule has 2 aromatic carbocycles. The fraction of sp³-hybridized carbons (Fsp3) is 0.318. The molecule has 0 aromatic heterocycles. The van der Waals surface area contributed by atoms with Crippen LogP contribution < -0.4 is 15.0 Å². The Morgan fingerprint density at radius 3 is 2.50 bits per heavy atom. The molecule has 1 heterocycles. The van der Waals surface area contributed by atoms with Crippen molar-refractivity contribution in [2.45, 2.75) is 6.42 Å². The van der Waals surface area contributed by atoms with E-state index in [0.717, 1.165) is 38.4 Å².